The first-order valence-electron chi connectivity index (χ1n) is 13.6. The second-order valence-electron chi connectivity index (χ2n) is 11.4. The summed E-state index contributed by atoms with van der Waals surface area (Å²) < 4.78 is 12.2. The zero-order valence-corrected chi connectivity index (χ0v) is 23.9. The van der Waals surface area contributed by atoms with Gasteiger partial charge >= 0.3 is 5.97 Å². The molecule has 0 radical (unpaired) electrons. The average Bonchev–Trinajstić information content (AvgIpc) is 3.44. The SMILES string of the molecule is C=CCCOC(=O)[C@@H]1[C@H]2C(=O)N([C@@H](CO)C(C)C)C(C(=O)N(CC=C)c3c(C)cccc3Cl)C23CC[C@@]1(C)O3. The Morgan fingerprint density at radius 2 is 2.03 bits per heavy atom. The first-order chi connectivity index (χ1) is 18.5. The van der Waals surface area contributed by atoms with Gasteiger partial charge in [-0.2, -0.15) is 0 Å². The molecule has 212 valence electrons. The number of aliphatic hydroxyl groups excluding tert-OH is 1. The molecule has 6 atom stereocenters. The molecule has 3 aliphatic rings. The van der Waals surface area contributed by atoms with Crippen molar-refractivity contribution in [1.82, 2.24) is 4.90 Å². The number of aliphatic hydroxyl groups is 1. The number of amides is 2. The molecule has 1 spiro atoms. The van der Waals surface area contributed by atoms with Crippen LogP contribution in [-0.4, -0.2) is 70.8 Å². The quantitative estimate of drug-likeness (QED) is 0.250. The Balaban J connectivity index is 1.86. The number of nitrogens with zero attached hydrogens (tertiary/aromatic N) is 2. The molecule has 0 saturated carbocycles. The third-order valence-electron chi connectivity index (χ3n) is 8.62. The van der Waals surface area contributed by atoms with Crippen molar-refractivity contribution in [3.63, 3.8) is 0 Å². The molecule has 1 aromatic carbocycles. The molecule has 3 fully saturated rings. The van der Waals surface area contributed by atoms with Crippen LogP contribution in [0.1, 0.15) is 45.6 Å². The van der Waals surface area contributed by atoms with Crippen molar-refractivity contribution in [3.05, 3.63) is 54.1 Å². The van der Waals surface area contributed by atoms with Gasteiger partial charge in [0.05, 0.1) is 41.5 Å². The monoisotopic (exact) mass is 558 g/mol. The maximum atomic E-state index is 14.7. The molecule has 3 heterocycles. The van der Waals surface area contributed by atoms with Crippen molar-refractivity contribution in [2.24, 2.45) is 17.8 Å². The van der Waals surface area contributed by atoms with E-state index in [0.717, 1.165) is 5.56 Å². The van der Waals surface area contributed by atoms with E-state index in [0.29, 0.717) is 30.0 Å². The Morgan fingerprint density at radius 1 is 1.31 bits per heavy atom. The third-order valence-corrected chi connectivity index (χ3v) is 8.92. The van der Waals surface area contributed by atoms with Crippen LogP contribution in [0.15, 0.2) is 43.5 Å². The number of para-hydroxylation sites is 1. The molecule has 2 bridgehead atoms. The molecule has 4 rings (SSSR count). The maximum Gasteiger partial charge on any atom is 0.312 e. The van der Waals surface area contributed by atoms with Gasteiger partial charge in [-0.3, -0.25) is 14.4 Å². The zero-order chi connectivity index (χ0) is 28.7. The predicted octanol–water partition coefficient (Wildman–Crippen LogP) is 4.07. The number of aryl methyl sites for hydroxylation is 1. The van der Waals surface area contributed by atoms with Crippen LogP contribution in [0.4, 0.5) is 5.69 Å². The second kappa shape index (κ2) is 11.1. The molecule has 39 heavy (non-hydrogen) atoms. The van der Waals surface area contributed by atoms with Gasteiger partial charge in [0.1, 0.15) is 17.6 Å². The summed E-state index contributed by atoms with van der Waals surface area (Å²) in [5.74, 6) is -3.21. The number of anilines is 1. The van der Waals surface area contributed by atoms with Crippen LogP contribution in [0.5, 0.6) is 0 Å². The van der Waals surface area contributed by atoms with Gasteiger partial charge in [0.15, 0.2) is 0 Å². The van der Waals surface area contributed by atoms with Gasteiger partial charge in [-0.05, 0) is 50.7 Å². The first kappa shape index (κ1) is 29.3. The highest BCUT2D eigenvalue weighted by molar-refractivity contribution is 6.34. The highest BCUT2D eigenvalue weighted by Crippen LogP contribution is 2.64. The number of carbonyl (C=O) groups excluding carboxylic acids is 3. The van der Waals surface area contributed by atoms with Crippen molar-refractivity contribution in [2.45, 2.75) is 70.2 Å². The Bertz CT molecular complexity index is 1150. The smallest absolute Gasteiger partial charge is 0.312 e. The molecule has 3 aliphatic heterocycles. The van der Waals surface area contributed by atoms with E-state index in [1.54, 1.807) is 18.2 Å². The van der Waals surface area contributed by atoms with Crippen LogP contribution >= 0.6 is 11.6 Å². The third kappa shape index (κ3) is 4.60. The van der Waals surface area contributed by atoms with E-state index >= 15 is 0 Å². The molecule has 3 saturated heterocycles. The lowest BCUT2D eigenvalue weighted by atomic mass is 9.66. The minimum Gasteiger partial charge on any atom is -0.465 e. The van der Waals surface area contributed by atoms with Gasteiger partial charge in [-0.25, -0.2) is 0 Å². The van der Waals surface area contributed by atoms with E-state index in [1.807, 2.05) is 39.8 Å². The van der Waals surface area contributed by atoms with Gasteiger partial charge in [0.25, 0.3) is 5.91 Å². The lowest BCUT2D eigenvalue weighted by molar-refractivity contribution is -0.160. The van der Waals surface area contributed by atoms with Crippen molar-refractivity contribution in [3.8, 4) is 0 Å². The van der Waals surface area contributed by atoms with Gasteiger partial charge < -0.3 is 24.4 Å². The molecule has 1 N–H and O–H groups in total. The molecule has 2 unspecified atom stereocenters. The fraction of sp³-hybridized carbons (Fsp3) is 0.567. The Labute approximate surface area is 235 Å². The van der Waals surface area contributed by atoms with Gasteiger partial charge in [0, 0.05) is 6.54 Å². The van der Waals surface area contributed by atoms with Crippen LogP contribution in [-0.2, 0) is 23.9 Å². The molecular weight excluding hydrogens is 520 g/mol. The van der Waals surface area contributed by atoms with E-state index in [9.17, 15) is 19.5 Å². The van der Waals surface area contributed by atoms with E-state index in [2.05, 4.69) is 13.2 Å². The van der Waals surface area contributed by atoms with E-state index in [4.69, 9.17) is 21.1 Å². The predicted molar refractivity (Wildman–Crippen MR) is 149 cm³/mol. The summed E-state index contributed by atoms with van der Waals surface area (Å²) in [4.78, 5) is 45.5. The number of hydrogen-bond acceptors (Lipinski definition) is 6. The highest BCUT2D eigenvalue weighted by atomic mass is 35.5. The number of ether oxygens (including phenoxy) is 2. The van der Waals surface area contributed by atoms with E-state index in [1.165, 1.54) is 9.80 Å². The number of likely N-dealkylation sites (tertiary alicyclic amines) is 1. The fourth-order valence-corrected chi connectivity index (χ4v) is 7.17. The van der Waals surface area contributed by atoms with Crippen LogP contribution < -0.4 is 4.90 Å². The van der Waals surface area contributed by atoms with Crippen molar-refractivity contribution in [1.29, 1.82) is 0 Å². The van der Waals surface area contributed by atoms with Crippen LogP contribution in [0.25, 0.3) is 0 Å². The second-order valence-corrected chi connectivity index (χ2v) is 11.8. The minimum atomic E-state index is -1.25. The summed E-state index contributed by atoms with van der Waals surface area (Å²) in [7, 11) is 0. The number of esters is 1. The average molecular weight is 559 g/mol. The standard InChI is InChI=1S/C30H39ClN2O6/c1-7-9-16-38-28(37)23-22-26(35)33(21(17-34)18(3)4)25(30(22)14-13-29(23,6)39-30)27(36)32(15-8-2)24-19(5)11-10-12-20(24)31/h7-8,10-12,18,21-23,25,34H,1-2,9,13-17H2,3-6H3/t21-,22-,23-,25?,29+,30?/m0/s1. The van der Waals surface area contributed by atoms with Crippen LogP contribution in [0.2, 0.25) is 5.02 Å². The Hall–Kier alpha value is -2.68. The number of hydrogen-bond donors (Lipinski definition) is 1. The summed E-state index contributed by atoms with van der Waals surface area (Å²) in [6, 6.07) is 3.66. The van der Waals surface area contributed by atoms with Crippen molar-refractivity contribution in [2.75, 3.05) is 24.7 Å². The zero-order valence-electron chi connectivity index (χ0n) is 23.2. The maximum absolute atomic E-state index is 14.7. The summed E-state index contributed by atoms with van der Waals surface area (Å²) in [6.45, 7) is 14.9. The van der Waals surface area contributed by atoms with Crippen LogP contribution in [0.3, 0.4) is 0 Å². The normalized spacial score (nSPS) is 29.9. The van der Waals surface area contributed by atoms with Crippen LogP contribution in [0, 0.1) is 24.7 Å². The molecule has 1 aromatic rings. The molecule has 9 heteroatoms. The Kier molecular flexibility index (Phi) is 8.31. The molecule has 8 nitrogen and oxygen atoms in total. The minimum absolute atomic E-state index is 0.151. The highest BCUT2D eigenvalue weighted by Gasteiger charge is 2.79. The summed E-state index contributed by atoms with van der Waals surface area (Å²) in [5, 5.41) is 10.8. The summed E-state index contributed by atoms with van der Waals surface area (Å²) in [6.07, 6.45) is 4.67. The number of carbonyl (C=O) groups is 3. The summed E-state index contributed by atoms with van der Waals surface area (Å²) in [5.41, 5.74) is -0.883. The number of benzene rings is 1. The molecular formula is C30H39ClN2O6. The fourth-order valence-electron chi connectivity index (χ4n) is 6.84. The van der Waals surface area contributed by atoms with E-state index < -0.39 is 41.1 Å². The van der Waals surface area contributed by atoms with Gasteiger partial charge in [0.2, 0.25) is 5.91 Å². The number of halogens is 1. The number of rotatable bonds is 11. The van der Waals surface area contributed by atoms with Gasteiger partial charge in [-0.15, -0.1) is 13.2 Å². The molecule has 0 aliphatic carbocycles. The largest absolute Gasteiger partial charge is 0.465 e. The summed E-state index contributed by atoms with van der Waals surface area (Å²) >= 11 is 6.60. The van der Waals surface area contributed by atoms with Gasteiger partial charge in [-0.1, -0.05) is 49.7 Å². The molecule has 0 aromatic heterocycles. The number of fused-ring (bicyclic) bond motifs is 1. The Morgan fingerprint density at radius 3 is 2.62 bits per heavy atom. The van der Waals surface area contributed by atoms with Crippen molar-refractivity contribution < 1.29 is 29.0 Å². The van der Waals surface area contributed by atoms with Crippen molar-refractivity contribution >= 4 is 35.1 Å². The topological polar surface area (TPSA) is 96.4 Å². The molecule has 2 amide bonds. The van der Waals surface area contributed by atoms with E-state index in [-0.39, 0.29) is 37.5 Å². The lowest BCUT2D eigenvalue weighted by Gasteiger charge is -2.41. The first-order valence-corrected chi connectivity index (χ1v) is 13.9. The lowest BCUT2D eigenvalue weighted by Crippen LogP contribution is -2.60.